The molecule has 0 atom stereocenters. The van der Waals surface area contributed by atoms with Crippen molar-refractivity contribution in [3.05, 3.63) is 32.9 Å². The smallest absolute Gasteiger partial charge is 0.338 e. The number of esters is 2. The molecule has 0 N–H and O–H groups in total. The van der Waals surface area contributed by atoms with Gasteiger partial charge in [-0.25, -0.2) is 9.59 Å². The SMILES string of the molecule is CCCCOC(=O)c1cc(I)cc(C(=O)OCCCC)c1. The normalized spacial score (nSPS) is 10.2. The summed E-state index contributed by atoms with van der Waals surface area (Å²) in [6.45, 7) is 4.86. The van der Waals surface area contributed by atoms with E-state index >= 15 is 0 Å². The van der Waals surface area contributed by atoms with E-state index in [0.717, 1.165) is 29.3 Å². The molecule has 0 fully saturated rings. The van der Waals surface area contributed by atoms with Gasteiger partial charge in [0, 0.05) is 3.57 Å². The highest BCUT2D eigenvalue weighted by Crippen LogP contribution is 2.15. The Bertz CT molecular complexity index is 445. The van der Waals surface area contributed by atoms with Crippen molar-refractivity contribution in [3.63, 3.8) is 0 Å². The Kier molecular flexibility index (Phi) is 8.34. The molecule has 116 valence electrons. The molecule has 5 heteroatoms. The largest absolute Gasteiger partial charge is 0.462 e. The third-order valence-electron chi connectivity index (χ3n) is 2.83. The van der Waals surface area contributed by atoms with Crippen LogP contribution in [0.25, 0.3) is 0 Å². The highest BCUT2D eigenvalue weighted by molar-refractivity contribution is 14.1. The molecule has 0 spiro atoms. The summed E-state index contributed by atoms with van der Waals surface area (Å²) in [6.07, 6.45) is 3.60. The van der Waals surface area contributed by atoms with Crippen molar-refractivity contribution in [2.45, 2.75) is 39.5 Å². The van der Waals surface area contributed by atoms with E-state index in [1.807, 2.05) is 13.8 Å². The third kappa shape index (κ3) is 6.46. The molecule has 0 aliphatic rings. The second kappa shape index (κ2) is 9.76. The molecule has 0 aliphatic carbocycles. The average Bonchev–Trinajstić information content (AvgIpc) is 2.47. The Morgan fingerprint density at radius 2 is 1.33 bits per heavy atom. The maximum absolute atomic E-state index is 11.9. The second-order valence-electron chi connectivity index (χ2n) is 4.71. The first-order chi connectivity index (χ1) is 10.1. The summed E-state index contributed by atoms with van der Waals surface area (Å²) in [7, 11) is 0. The Morgan fingerprint density at radius 1 is 0.905 bits per heavy atom. The van der Waals surface area contributed by atoms with Crippen LogP contribution in [0.3, 0.4) is 0 Å². The molecule has 0 bridgehead atoms. The second-order valence-corrected chi connectivity index (χ2v) is 5.95. The van der Waals surface area contributed by atoms with E-state index in [9.17, 15) is 9.59 Å². The summed E-state index contributed by atoms with van der Waals surface area (Å²) in [6, 6.07) is 4.94. The minimum absolute atomic E-state index is 0.389. The van der Waals surface area contributed by atoms with E-state index in [1.54, 1.807) is 12.1 Å². The van der Waals surface area contributed by atoms with E-state index in [2.05, 4.69) is 22.6 Å². The molecule has 0 aliphatic heterocycles. The molecule has 1 aromatic rings. The molecule has 0 radical (unpaired) electrons. The first kappa shape index (κ1) is 17.9. The molecule has 4 nitrogen and oxygen atoms in total. The van der Waals surface area contributed by atoms with E-state index in [4.69, 9.17) is 9.47 Å². The van der Waals surface area contributed by atoms with Gasteiger partial charge in [-0.2, -0.15) is 0 Å². The Morgan fingerprint density at radius 3 is 1.71 bits per heavy atom. The predicted molar refractivity (Wildman–Crippen MR) is 89.5 cm³/mol. The summed E-state index contributed by atoms with van der Waals surface area (Å²) in [5, 5.41) is 0. The van der Waals surface area contributed by atoms with Crippen molar-refractivity contribution >= 4 is 34.5 Å². The summed E-state index contributed by atoms with van der Waals surface area (Å²) < 4.78 is 11.1. The molecule has 0 amide bonds. The predicted octanol–water partition coefficient (Wildman–Crippen LogP) is 4.21. The van der Waals surface area contributed by atoms with Gasteiger partial charge in [-0.15, -0.1) is 0 Å². The van der Waals surface area contributed by atoms with Gasteiger partial charge in [-0.1, -0.05) is 26.7 Å². The lowest BCUT2D eigenvalue weighted by Gasteiger charge is -2.08. The van der Waals surface area contributed by atoms with Crippen LogP contribution in [-0.2, 0) is 9.47 Å². The number of hydrogen-bond acceptors (Lipinski definition) is 4. The van der Waals surface area contributed by atoms with Crippen LogP contribution in [-0.4, -0.2) is 25.2 Å². The number of halogens is 1. The maximum atomic E-state index is 11.9. The fourth-order valence-corrected chi connectivity index (χ4v) is 2.28. The van der Waals surface area contributed by atoms with Crippen LogP contribution in [0.1, 0.15) is 60.2 Å². The van der Waals surface area contributed by atoms with Crippen LogP contribution in [0.5, 0.6) is 0 Å². The van der Waals surface area contributed by atoms with Crippen LogP contribution < -0.4 is 0 Å². The fourth-order valence-electron chi connectivity index (χ4n) is 1.61. The number of ether oxygens (including phenoxy) is 2. The molecule has 1 aromatic carbocycles. The van der Waals surface area contributed by atoms with Crippen LogP contribution in [0.2, 0.25) is 0 Å². The van der Waals surface area contributed by atoms with Crippen molar-refractivity contribution in [2.24, 2.45) is 0 Å². The molecular weight excluding hydrogens is 383 g/mol. The molecule has 21 heavy (non-hydrogen) atoms. The number of carbonyl (C=O) groups is 2. The highest BCUT2D eigenvalue weighted by atomic mass is 127. The van der Waals surface area contributed by atoms with Gasteiger partial charge in [0.1, 0.15) is 0 Å². The summed E-state index contributed by atoms with van der Waals surface area (Å²) in [4.78, 5) is 23.9. The van der Waals surface area contributed by atoms with E-state index in [1.165, 1.54) is 6.07 Å². The van der Waals surface area contributed by atoms with Crippen molar-refractivity contribution in [1.29, 1.82) is 0 Å². The van der Waals surface area contributed by atoms with Gasteiger partial charge in [0.05, 0.1) is 24.3 Å². The van der Waals surface area contributed by atoms with Crippen LogP contribution in [0.4, 0.5) is 0 Å². The summed E-state index contributed by atoms with van der Waals surface area (Å²) in [5.41, 5.74) is 0.779. The molecular formula is C16H21IO4. The maximum Gasteiger partial charge on any atom is 0.338 e. The fraction of sp³-hybridized carbons (Fsp3) is 0.500. The Hall–Kier alpha value is -1.11. The van der Waals surface area contributed by atoms with Gasteiger partial charge in [0.2, 0.25) is 0 Å². The number of hydrogen-bond donors (Lipinski definition) is 0. The standard InChI is InChI=1S/C16H21IO4/c1-3-5-7-20-15(18)12-9-13(11-14(17)10-12)16(19)21-8-6-4-2/h9-11H,3-8H2,1-2H3. The first-order valence-electron chi connectivity index (χ1n) is 7.23. The first-order valence-corrected chi connectivity index (χ1v) is 8.31. The van der Waals surface area contributed by atoms with Crippen molar-refractivity contribution in [2.75, 3.05) is 13.2 Å². The number of rotatable bonds is 8. The van der Waals surface area contributed by atoms with Gasteiger partial charge in [0.15, 0.2) is 0 Å². The third-order valence-corrected chi connectivity index (χ3v) is 3.45. The monoisotopic (exact) mass is 404 g/mol. The molecule has 0 saturated heterocycles. The zero-order valence-electron chi connectivity index (χ0n) is 12.5. The number of carbonyl (C=O) groups excluding carboxylic acids is 2. The average molecular weight is 404 g/mol. The minimum Gasteiger partial charge on any atom is -0.462 e. The summed E-state index contributed by atoms with van der Waals surface area (Å²) in [5.74, 6) is -0.797. The minimum atomic E-state index is -0.399. The van der Waals surface area contributed by atoms with Crippen molar-refractivity contribution < 1.29 is 19.1 Å². The van der Waals surface area contributed by atoms with Gasteiger partial charge >= 0.3 is 11.9 Å². The lowest BCUT2D eigenvalue weighted by Crippen LogP contribution is -2.11. The van der Waals surface area contributed by atoms with E-state index in [-0.39, 0.29) is 0 Å². The quantitative estimate of drug-likeness (QED) is 0.370. The Balaban J connectivity index is 2.74. The number of benzene rings is 1. The molecule has 0 aromatic heterocycles. The zero-order chi connectivity index (χ0) is 15.7. The number of unbranched alkanes of at least 4 members (excludes halogenated alkanes) is 2. The lowest BCUT2D eigenvalue weighted by molar-refractivity contribution is 0.0498. The molecule has 1 rings (SSSR count). The highest BCUT2D eigenvalue weighted by Gasteiger charge is 2.14. The van der Waals surface area contributed by atoms with Crippen LogP contribution in [0.15, 0.2) is 18.2 Å². The van der Waals surface area contributed by atoms with Crippen LogP contribution >= 0.6 is 22.6 Å². The van der Waals surface area contributed by atoms with E-state index < -0.39 is 11.9 Å². The molecule has 0 heterocycles. The van der Waals surface area contributed by atoms with Crippen molar-refractivity contribution in [1.82, 2.24) is 0 Å². The topological polar surface area (TPSA) is 52.6 Å². The Labute approximate surface area is 139 Å². The van der Waals surface area contributed by atoms with Gasteiger partial charge < -0.3 is 9.47 Å². The molecule has 0 saturated carbocycles. The van der Waals surface area contributed by atoms with Crippen LogP contribution in [0, 0.1) is 3.57 Å². The van der Waals surface area contributed by atoms with Gasteiger partial charge in [-0.05, 0) is 53.6 Å². The van der Waals surface area contributed by atoms with Gasteiger partial charge in [-0.3, -0.25) is 0 Å². The van der Waals surface area contributed by atoms with E-state index in [0.29, 0.717) is 24.3 Å². The zero-order valence-corrected chi connectivity index (χ0v) is 14.6. The lowest BCUT2D eigenvalue weighted by atomic mass is 10.1. The van der Waals surface area contributed by atoms with Gasteiger partial charge in [0.25, 0.3) is 0 Å². The summed E-state index contributed by atoms with van der Waals surface area (Å²) >= 11 is 2.07. The molecule has 0 unspecified atom stereocenters. The van der Waals surface area contributed by atoms with Crippen molar-refractivity contribution in [3.8, 4) is 0 Å².